The van der Waals surface area contributed by atoms with Gasteiger partial charge in [-0.15, -0.1) is 0 Å². The third kappa shape index (κ3) is 3.58. The third-order valence-corrected chi connectivity index (χ3v) is 2.80. The maximum atomic E-state index is 11.8. The molecule has 1 nitrogen and oxygen atoms in total. The van der Waals surface area contributed by atoms with Crippen LogP contribution in [0, 0.1) is 0 Å². The van der Waals surface area contributed by atoms with E-state index in [1.54, 1.807) is 0 Å². The molecule has 0 unspecified atom stereocenters. The summed E-state index contributed by atoms with van der Waals surface area (Å²) in [6, 6.07) is 5.79. The summed E-state index contributed by atoms with van der Waals surface area (Å²) >= 11 is 6.76. The third-order valence-electron chi connectivity index (χ3n) is 1.70. The lowest BCUT2D eigenvalue weighted by molar-refractivity contribution is 0.288. The molecule has 0 radical (unpaired) electrons. The molecular weight excluding hydrogens is 315 g/mol. The van der Waals surface area contributed by atoms with E-state index in [0.717, 1.165) is 21.1 Å². The van der Waals surface area contributed by atoms with Gasteiger partial charge >= 0.3 is 0 Å². The summed E-state index contributed by atoms with van der Waals surface area (Å²) in [7, 11) is 0. The Morgan fingerprint density at radius 3 is 2.79 bits per heavy atom. The van der Waals surface area contributed by atoms with Crippen LogP contribution >= 0.6 is 31.9 Å². The summed E-state index contributed by atoms with van der Waals surface area (Å²) in [4.78, 5) is 0. The molecule has 0 bridgehead atoms. The van der Waals surface area contributed by atoms with Crippen molar-refractivity contribution in [2.75, 3.05) is 13.3 Å². The Balaban J connectivity index is 2.65. The standard InChI is InChI=1S/C10H11Br2FO/c11-7-8-6-9(12)2-3-10(8)14-5-1-4-13/h2-3,6H,1,4-5,7H2. The Hall–Kier alpha value is -0.0900. The van der Waals surface area contributed by atoms with Gasteiger partial charge in [0.15, 0.2) is 0 Å². The number of ether oxygens (including phenoxy) is 1. The van der Waals surface area contributed by atoms with Gasteiger partial charge in [0.05, 0.1) is 13.3 Å². The van der Waals surface area contributed by atoms with E-state index in [0.29, 0.717) is 13.0 Å². The molecule has 0 amide bonds. The fourth-order valence-corrected chi connectivity index (χ4v) is 1.88. The van der Waals surface area contributed by atoms with Crippen LogP contribution in [0.25, 0.3) is 0 Å². The van der Waals surface area contributed by atoms with Crippen molar-refractivity contribution >= 4 is 31.9 Å². The molecule has 0 spiro atoms. The predicted octanol–water partition coefficient (Wildman–Crippen LogP) is 4.08. The minimum absolute atomic E-state index is 0.333. The van der Waals surface area contributed by atoms with E-state index in [1.165, 1.54) is 0 Å². The lowest BCUT2D eigenvalue weighted by Gasteiger charge is -2.09. The summed E-state index contributed by atoms with van der Waals surface area (Å²) in [5.41, 5.74) is 1.07. The van der Waals surface area contributed by atoms with Crippen LogP contribution in [0.4, 0.5) is 4.39 Å². The Morgan fingerprint density at radius 1 is 1.36 bits per heavy atom. The van der Waals surface area contributed by atoms with Gasteiger partial charge in [-0.1, -0.05) is 31.9 Å². The highest BCUT2D eigenvalue weighted by Gasteiger charge is 2.02. The first-order chi connectivity index (χ1) is 6.77. The highest BCUT2D eigenvalue weighted by Crippen LogP contribution is 2.25. The van der Waals surface area contributed by atoms with E-state index in [-0.39, 0.29) is 6.67 Å². The number of halogens is 3. The van der Waals surface area contributed by atoms with Crippen molar-refractivity contribution in [2.45, 2.75) is 11.8 Å². The summed E-state index contributed by atoms with van der Waals surface area (Å²) in [5, 5.41) is 0.734. The van der Waals surface area contributed by atoms with E-state index in [9.17, 15) is 4.39 Å². The van der Waals surface area contributed by atoms with Crippen LogP contribution in [0.1, 0.15) is 12.0 Å². The second-order valence-electron chi connectivity index (χ2n) is 2.78. The SMILES string of the molecule is FCCCOc1ccc(Br)cc1CBr. The van der Waals surface area contributed by atoms with Crippen LogP contribution in [0.2, 0.25) is 0 Å². The number of alkyl halides is 2. The molecule has 1 rings (SSSR count). The zero-order valence-electron chi connectivity index (χ0n) is 7.60. The van der Waals surface area contributed by atoms with E-state index < -0.39 is 0 Å². The van der Waals surface area contributed by atoms with E-state index in [4.69, 9.17) is 4.74 Å². The zero-order valence-corrected chi connectivity index (χ0v) is 10.8. The molecule has 1 aromatic carbocycles. The average Bonchev–Trinajstić information content (AvgIpc) is 2.20. The smallest absolute Gasteiger partial charge is 0.123 e. The minimum atomic E-state index is -0.333. The fraction of sp³-hybridized carbons (Fsp3) is 0.400. The average molecular weight is 326 g/mol. The van der Waals surface area contributed by atoms with Crippen molar-refractivity contribution in [3.63, 3.8) is 0 Å². The fourth-order valence-electron chi connectivity index (χ4n) is 1.03. The molecule has 1 aromatic rings. The molecule has 0 aliphatic heterocycles. The molecule has 0 aliphatic rings. The topological polar surface area (TPSA) is 9.23 Å². The molecule has 0 saturated carbocycles. The van der Waals surface area contributed by atoms with Gasteiger partial charge in [-0.05, 0) is 18.2 Å². The minimum Gasteiger partial charge on any atom is -0.493 e. The highest BCUT2D eigenvalue weighted by molar-refractivity contribution is 9.10. The van der Waals surface area contributed by atoms with Crippen LogP contribution in [-0.2, 0) is 5.33 Å². The number of benzene rings is 1. The van der Waals surface area contributed by atoms with Gasteiger partial charge in [0.25, 0.3) is 0 Å². The first-order valence-corrected chi connectivity index (χ1v) is 6.22. The number of rotatable bonds is 5. The Labute approximate surface area is 99.9 Å². The van der Waals surface area contributed by atoms with Crippen molar-refractivity contribution in [1.29, 1.82) is 0 Å². The molecule has 4 heteroatoms. The lowest BCUT2D eigenvalue weighted by Crippen LogP contribution is -2.00. The Morgan fingerprint density at radius 2 is 2.14 bits per heavy atom. The van der Waals surface area contributed by atoms with Gasteiger partial charge < -0.3 is 4.74 Å². The van der Waals surface area contributed by atoms with Crippen LogP contribution in [-0.4, -0.2) is 13.3 Å². The number of hydrogen-bond acceptors (Lipinski definition) is 1. The summed E-state index contributed by atoms with van der Waals surface area (Å²) < 4.78 is 18.3. The zero-order chi connectivity index (χ0) is 10.4. The van der Waals surface area contributed by atoms with Crippen LogP contribution < -0.4 is 4.74 Å². The van der Waals surface area contributed by atoms with Crippen molar-refractivity contribution in [2.24, 2.45) is 0 Å². The van der Waals surface area contributed by atoms with Crippen LogP contribution in [0.5, 0.6) is 5.75 Å². The molecule has 14 heavy (non-hydrogen) atoms. The quantitative estimate of drug-likeness (QED) is 0.585. The maximum absolute atomic E-state index is 11.8. The molecule has 0 atom stereocenters. The van der Waals surface area contributed by atoms with Gasteiger partial charge in [-0.25, -0.2) is 0 Å². The van der Waals surface area contributed by atoms with Gasteiger partial charge in [0.2, 0.25) is 0 Å². The Bertz CT molecular complexity index is 291. The first-order valence-electron chi connectivity index (χ1n) is 4.31. The van der Waals surface area contributed by atoms with E-state index in [2.05, 4.69) is 31.9 Å². The van der Waals surface area contributed by atoms with E-state index >= 15 is 0 Å². The van der Waals surface area contributed by atoms with Crippen molar-refractivity contribution in [3.8, 4) is 5.75 Å². The molecule has 0 saturated heterocycles. The predicted molar refractivity (Wildman–Crippen MR) is 62.9 cm³/mol. The summed E-state index contributed by atoms with van der Waals surface area (Å²) in [6.07, 6.45) is 0.442. The van der Waals surface area contributed by atoms with Crippen molar-refractivity contribution in [3.05, 3.63) is 28.2 Å². The lowest BCUT2D eigenvalue weighted by atomic mass is 10.2. The highest BCUT2D eigenvalue weighted by atomic mass is 79.9. The van der Waals surface area contributed by atoms with Crippen molar-refractivity contribution < 1.29 is 9.13 Å². The van der Waals surface area contributed by atoms with Gasteiger partial charge in [0.1, 0.15) is 5.75 Å². The van der Waals surface area contributed by atoms with E-state index in [1.807, 2.05) is 18.2 Å². The molecule has 0 aromatic heterocycles. The molecule has 0 fully saturated rings. The monoisotopic (exact) mass is 324 g/mol. The first kappa shape index (κ1) is 12.0. The summed E-state index contributed by atoms with van der Waals surface area (Å²) in [5.74, 6) is 0.818. The Kier molecular flexibility index (Phi) is 5.48. The summed E-state index contributed by atoms with van der Waals surface area (Å²) in [6.45, 7) is 0.0955. The maximum Gasteiger partial charge on any atom is 0.123 e. The van der Waals surface area contributed by atoms with Crippen LogP contribution in [0.15, 0.2) is 22.7 Å². The molecule has 0 aliphatic carbocycles. The van der Waals surface area contributed by atoms with Crippen LogP contribution in [0.3, 0.4) is 0 Å². The molecule has 0 heterocycles. The molecule has 78 valence electrons. The van der Waals surface area contributed by atoms with Gasteiger partial charge in [0, 0.05) is 21.8 Å². The largest absolute Gasteiger partial charge is 0.493 e. The second kappa shape index (κ2) is 6.40. The van der Waals surface area contributed by atoms with Gasteiger partial charge in [-0.2, -0.15) is 0 Å². The molecule has 0 N–H and O–H groups in total. The van der Waals surface area contributed by atoms with Crippen molar-refractivity contribution in [1.82, 2.24) is 0 Å². The second-order valence-corrected chi connectivity index (χ2v) is 4.25. The van der Waals surface area contributed by atoms with Gasteiger partial charge in [-0.3, -0.25) is 4.39 Å². The number of hydrogen-bond donors (Lipinski definition) is 0. The normalized spacial score (nSPS) is 10.2. The molecular formula is C10H11Br2FO.